The van der Waals surface area contributed by atoms with Gasteiger partial charge in [0.05, 0.1) is 6.04 Å². The van der Waals surface area contributed by atoms with E-state index in [1.807, 2.05) is 30.5 Å². The predicted octanol–water partition coefficient (Wildman–Crippen LogP) is 3.11. The summed E-state index contributed by atoms with van der Waals surface area (Å²) < 4.78 is 0. The fraction of sp³-hybridized carbons (Fsp3) is 0.200. The van der Waals surface area contributed by atoms with Crippen molar-refractivity contribution in [1.82, 2.24) is 5.32 Å². The Morgan fingerprint density at radius 3 is 2.52 bits per heavy atom. The second-order valence-corrected chi connectivity index (χ2v) is 5.48. The van der Waals surface area contributed by atoms with E-state index in [0.717, 1.165) is 4.88 Å². The summed E-state index contributed by atoms with van der Waals surface area (Å²) in [6.45, 7) is 1.49. The van der Waals surface area contributed by atoms with Crippen molar-refractivity contribution >= 4 is 29.0 Å². The molecule has 2 aromatic rings. The predicted molar refractivity (Wildman–Crippen MR) is 82.7 cm³/mol. The minimum atomic E-state index is -1.06. The molecule has 0 aliphatic carbocycles. The number of para-hydroxylation sites is 1. The maximum absolute atomic E-state index is 12.3. The van der Waals surface area contributed by atoms with Crippen LogP contribution >= 0.6 is 11.3 Å². The molecule has 21 heavy (non-hydrogen) atoms. The van der Waals surface area contributed by atoms with Gasteiger partial charge in [0, 0.05) is 10.6 Å². The van der Waals surface area contributed by atoms with Crippen LogP contribution in [0.3, 0.4) is 0 Å². The van der Waals surface area contributed by atoms with E-state index in [1.54, 1.807) is 35.6 Å². The zero-order valence-electron chi connectivity index (χ0n) is 11.5. The number of anilines is 1. The van der Waals surface area contributed by atoms with E-state index in [2.05, 4.69) is 5.32 Å². The summed E-state index contributed by atoms with van der Waals surface area (Å²) >= 11 is 1.54. The topological polar surface area (TPSA) is 69.6 Å². The van der Waals surface area contributed by atoms with Crippen molar-refractivity contribution in [2.24, 2.45) is 0 Å². The molecule has 110 valence electrons. The summed E-state index contributed by atoms with van der Waals surface area (Å²) in [7, 11) is 0. The molecule has 0 saturated carbocycles. The van der Waals surface area contributed by atoms with E-state index in [9.17, 15) is 9.59 Å². The lowest BCUT2D eigenvalue weighted by atomic mass is 10.2. The van der Waals surface area contributed by atoms with E-state index in [4.69, 9.17) is 5.11 Å². The molecule has 1 unspecified atom stereocenters. The molecule has 0 bridgehead atoms. The minimum Gasteiger partial charge on any atom is -0.480 e. The van der Waals surface area contributed by atoms with E-state index in [0.29, 0.717) is 5.69 Å². The molecule has 0 spiro atoms. The third-order valence-corrected chi connectivity index (χ3v) is 3.97. The molecule has 1 aromatic carbocycles. The number of hydrogen-bond acceptors (Lipinski definition) is 3. The van der Waals surface area contributed by atoms with E-state index >= 15 is 0 Å². The van der Waals surface area contributed by atoms with Crippen molar-refractivity contribution in [1.29, 1.82) is 0 Å². The number of carbonyl (C=O) groups excluding carboxylic acids is 1. The van der Waals surface area contributed by atoms with Gasteiger partial charge in [0.15, 0.2) is 0 Å². The summed E-state index contributed by atoms with van der Waals surface area (Å²) in [6, 6.07) is 12.0. The molecule has 2 amide bonds. The van der Waals surface area contributed by atoms with Gasteiger partial charge in [0.2, 0.25) is 0 Å². The number of nitrogens with zero attached hydrogens (tertiary/aromatic N) is 1. The third-order valence-electron chi connectivity index (χ3n) is 2.92. The van der Waals surface area contributed by atoms with Crippen LogP contribution in [0.4, 0.5) is 10.5 Å². The first-order chi connectivity index (χ1) is 10.1. The van der Waals surface area contributed by atoms with Crippen molar-refractivity contribution in [3.63, 3.8) is 0 Å². The fourth-order valence-electron chi connectivity index (χ4n) is 1.90. The average Bonchev–Trinajstić information content (AvgIpc) is 2.99. The van der Waals surface area contributed by atoms with Crippen molar-refractivity contribution in [3.05, 3.63) is 52.7 Å². The third kappa shape index (κ3) is 4.06. The zero-order valence-corrected chi connectivity index (χ0v) is 12.3. The van der Waals surface area contributed by atoms with Gasteiger partial charge in [-0.3, -0.25) is 9.69 Å². The van der Waals surface area contributed by atoms with Crippen molar-refractivity contribution in [2.75, 3.05) is 11.4 Å². The first kappa shape index (κ1) is 15.1. The number of amides is 2. The number of carboxylic acid groups (broad SMARTS) is 1. The Balaban J connectivity index is 2.13. The number of hydrogen-bond donors (Lipinski definition) is 2. The molecule has 2 rings (SSSR count). The van der Waals surface area contributed by atoms with Crippen molar-refractivity contribution < 1.29 is 14.7 Å². The summed E-state index contributed by atoms with van der Waals surface area (Å²) in [5.41, 5.74) is 0.552. The van der Waals surface area contributed by atoms with Gasteiger partial charge < -0.3 is 10.4 Å². The van der Waals surface area contributed by atoms with Crippen LogP contribution in [0, 0.1) is 0 Å². The normalized spacial score (nSPS) is 11.7. The fourth-order valence-corrected chi connectivity index (χ4v) is 2.63. The summed E-state index contributed by atoms with van der Waals surface area (Å²) in [5.74, 6) is -1.06. The number of rotatable bonds is 5. The summed E-state index contributed by atoms with van der Waals surface area (Å²) in [5, 5.41) is 13.7. The number of carbonyl (C=O) groups is 2. The maximum atomic E-state index is 12.3. The van der Waals surface area contributed by atoms with Crippen LogP contribution < -0.4 is 10.2 Å². The number of benzene rings is 1. The average molecular weight is 304 g/mol. The molecule has 1 heterocycles. The molecule has 1 aromatic heterocycles. The number of nitrogens with one attached hydrogen (secondary N) is 1. The maximum Gasteiger partial charge on any atom is 0.323 e. The Bertz CT molecular complexity index is 599. The van der Waals surface area contributed by atoms with Crippen LogP contribution in [0.15, 0.2) is 47.8 Å². The van der Waals surface area contributed by atoms with Crippen molar-refractivity contribution in [3.8, 4) is 0 Å². The highest BCUT2D eigenvalue weighted by Crippen LogP contribution is 2.19. The second kappa shape index (κ2) is 6.90. The molecule has 0 fully saturated rings. The Morgan fingerprint density at radius 2 is 1.95 bits per heavy atom. The van der Waals surface area contributed by atoms with Gasteiger partial charge in [-0.05, 0) is 30.5 Å². The molecular weight excluding hydrogens is 288 g/mol. The number of urea groups is 1. The number of aliphatic carboxylic acids is 1. The Labute approximate surface area is 126 Å². The Morgan fingerprint density at radius 1 is 1.24 bits per heavy atom. The van der Waals surface area contributed by atoms with Crippen LogP contribution in [0.2, 0.25) is 0 Å². The molecule has 0 aliphatic rings. The SMILES string of the molecule is CC(NC(=O)N(CC(=O)O)c1ccccc1)c1cccs1. The molecule has 6 heteroatoms. The number of carboxylic acids is 1. The zero-order chi connectivity index (χ0) is 15.2. The van der Waals surface area contributed by atoms with E-state index in [-0.39, 0.29) is 12.6 Å². The molecule has 1 atom stereocenters. The molecule has 0 saturated heterocycles. The largest absolute Gasteiger partial charge is 0.480 e. The lowest BCUT2D eigenvalue weighted by Gasteiger charge is -2.23. The van der Waals surface area contributed by atoms with Gasteiger partial charge in [-0.15, -0.1) is 11.3 Å². The number of thiophene rings is 1. The van der Waals surface area contributed by atoms with Crippen LogP contribution in [0.1, 0.15) is 17.8 Å². The van der Waals surface area contributed by atoms with Crippen LogP contribution in [0.5, 0.6) is 0 Å². The van der Waals surface area contributed by atoms with Gasteiger partial charge in [0.25, 0.3) is 0 Å². The summed E-state index contributed by atoms with van der Waals surface area (Å²) in [4.78, 5) is 25.6. The smallest absolute Gasteiger partial charge is 0.323 e. The van der Waals surface area contributed by atoms with Crippen LogP contribution in [-0.4, -0.2) is 23.7 Å². The van der Waals surface area contributed by atoms with E-state index < -0.39 is 12.0 Å². The standard InChI is InChI=1S/C15H16N2O3S/c1-11(13-8-5-9-21-13)16-15(20)17(10-14(18)19)12-6-3-2-4-7-12/h2-9,11H,10H2,1H3,(H,16,20)(H,18,19). The molecular formula is C15H16N2O3S. The van der Waals surface area contributed by atoms with Gasteiger partial charge in [-0.25, -0.2) is 4.79 Å². The van der Waals surface area contributed by atoms with Gasteiger partial charge in [-0.2, -0.15) is 0 Å². The molecule has 0 radical (unpaired) electrons. The van der Waals surface area contributed by atoms with Crippen LogP contribution in [-0.2, 0) is 4.79 Å². The molecule has 2 N–H and O–H groups in total. The monoisotopic (exact) mass is 304 g/mol. The van der Waals surface area contributed by atoms with Gasteiger partial charge in [-0.1, -0.05) is 24.3 Å². The lowest BCUT2D eigenvalue weighted by molar-refractivity contribution is -0.135. The van der Waals surface area contributed by atoms with Gasteiger partial charge in [0.1, 0.15) is 6.54 Å². The summed E-state index contributed by atoms with van der Waals surface area (Å²) in [6.07, 6.45) is 0. The quantitative estimate of drug-likeness (QED) is 0.891. The van der Waals surface area contributed by atoms with Gasteiger partial charge >= 0.3 is 12.0 Å². The van der Waals surface area contributed by atoms with Crippen molar-refractivity contribution in [2.45, 2.75) is 13.0 Å². The molecule has 0 aliphatic heterocycles. The minimum absolute atomic E-state index is 0.169. The highest BCUT2D eigenvalue weighted by molar-refractivity contribution is 7.10. The molecule has 5 nitrogen and oxygen atoms in total. The van der Waals surface area contributed by atoms with E-state index in [1.165, 1.54) is 4.90 Å². The Kier molecular flexibility index (Phi) is 4.94. The van der Waals surface area contributed by atoms with Crippen LogP contribution in [0.25, 0.3) is 0 Å². The highest BCUT2D eigenvalue weighted by atomic mass is 32.1. The second-order valence-electron chi connectivity index (χ2n) is 4.50. The first-order valence-corrected chi connectivity index (χ1v) is 7.34. The first-order valence-electron chi connectivity index (χ1n) is 6.46. The highest BCUT2D eigenvalue weighted by Gasteiger charge is 2.20. The Hall–Kier alpha value is -2.34. The lowest BCUT2D eigenvalue weighted by Crippen LogP contribution is -2.43.